The van der Waals surface area contributed by atoms with E-state index in [2.05, 4.69) is 6.58 Å². The Morgan fingerprint density at radius 3 is 2.35 bits per heavy atom. The average molecular weight is 274 g/mol. The van der Waals surface area contributed by atoms with Crippen LogP contribution in [-0.2, 0) is 4.74 Å². The molecular weight excluding hydrogens is 248 g/mol. The van der Waals surface area contributed by atoms with Crippen LogP contribution in [0.4, 0.5) is 0 Å². The van der Waals surface area contributed by atoms with E-state index in [0.29, 0.717) is 18.3 Å². The first-order valence-corrected chi connectivity index (χ1v) is 7.96. The minimum atomic E-state index is -0.497. The third-order valence-corrected chi connectivity index (χ3v) is 5.46. The first kappa shape index (κ1) is 13.9. The fourth-order valence-electron chi connectivity index (χ4n) is 4.95. The molecule has 0 aromatic rings. The summed E-state index contributed by atoms with van der Waals surface area (Å²) in [6.07, 6.45) is 12.5. The molecule has 0 aromatic heterocycles. The number of hydrogen-bond donors (Lipinski definition) is 1. The minimum absolute atomic E-state index is 0.497. The van der Waals surface area contributed by atoms with Crippen molar-refractivity contribution in [2.45, 2.75) is 44.6 Å². The highest BCUT2D eigenvalue weighted by Crippen LogP contribution is 2.57. The van der Waals surface area contributed by atoms with Crippen molar-refractivity contribution in [2.75, 3.05) is 7.11 Å². The Morgan fingerprint density at radius 1 is 1.25 bits per heavy atom. The molecule has 2 heteroatoms. The van der Waals surface area contributed by atoms with Crippen molar-refractivity contribution in [3.05, 3.63) is 36.1 Å². The summed E-state index contributed by atoms with van der Waals surface area (Å²) in [5.74, 6) is 4.11. The molecule has 110 valence electrons. The van der Waals surface area contributed by atoms with Crippen LogP contribution in [0.15, 0.2) is 36.1 Å². The molecule has 4 aliphatic rings. The molecule has 0 amide bonds. The lowest BCUT2D eigenvalue weighted by molar-refractivity contribution is 0.0500. The summed E-state index contributed by atoms with van der Waals surface area (Å²) in [6, 6.07) is 0. The van der Waals surface area contributed by atoms with Gasteiger partial charge in [0, 0.05) is 0 Å². The summed E-state index contributed by atoms with van der Waals surface area (Å²) < 4.78 is 5.64. The van der Waals surface area contributed by atoms with Gasteiger partial charge in [-0.2, -0.15) is 0 Å². The molecule has 1 atom stereocenters. The van der Waals surface area contributed by atoms with Gasteiger partial charge in [0.2, 0.25) is 0 Å². The zero-order valence-corrected chi connectivity index (χ0v) is 12.4. The summed E-state index contributed by atoms with van der Waals surface area (Å²) in [4.78, 5) is 0. The molecule has 4 rings (SSSR count). The van der Waals surface area contributed by atoms with Crippen molar-refractivity contribution in [1.82, 2.24) is 0 Å². The van der Waals surface area contributed by atoms with Crippen molar-refractivity contribution in [1.29, 1.82) is 0 Å². The monoisotopic (exact) mass is 274 g/mol. The maximum atomic E-state index is 10.5. The van der Waals surface area contributed by atoms with Gasteiger partial charge < -0.3 is 9.84 Å². The predicted molar refractivity (Wildman–Crippen MR) is 81.0 cm³/mol. The fraction of sp³-hybridized carbons (Fsp3) is 0.667. The van der Waals surface area contributed by atoms with E-state index in [0.717, 1.165) is 17.6 Å². The molecule has 1 unspecified atom stereocenters. The summed E-state index contributed by atoms with van der Waals surface area (Å²) in [5.41, 5.74) is 1.46. The van der Waals surface area contributed by atoms with E-state index in [1.807, 2.05) is 12.2 Å². The smallest absolute Gasteiger partial charge is 0.124 e. The Morgan fingerprint density at radius 2 is 1.85 bits per heavy atom. The molecule has 0 saturated heterocycles. The second-order valence-electron chi connectivity index (χ2n) is 6.74. The molecule has 4 aliphatic carbocycles. The second-order valence-corrected chi connectivity index (χ2v) is 6.74. The van der Waals surface area contributed by atoms with E-state index in [9.17, 15) is 5.11 Å². The Kier molecular flexibility index (Phi) is 4.02. The second kappa shape index (κ2) is 5.77. The number of allylic oxidation sites excluding steroid dienone is 3. The molecule has 4 bridgehead atoms. The first-order valence-electron chi connectivity index (χ1n) is 7.96. The number of hydrogen-bond acceptors (Lipinski definition) is 2. The van der Waals surface area contributed by atoms with Gasteiger partial charge in [-0.1, -0.05) is 24.8 Å². The SMILES string of the molecule is C=C/C=C\CC(O)C(OC)=C1C2CC3CC(C2)CC1C3. The Bertz CT molecular complexity index is 403. The maximum absolute atomic E-state index is 10.5. The van der Waals surface area contributed by atoms with Gasteiger partial charge in [0.15, 0.2) is 0 Å². The van der Waals surface area contributed by atoms with Crippen molar-refractivity contribution in [3.63, 3.8) is 0 Å². The standard InChI is InChI=1S/C18H26O2/c1-3-4-5-6-16(19)18(20-2)17-14-8-12-7-13(10-14)11-15(17)9-12/h3-5,12-16,19H,1,6-11H2,2H3/b5-4-,18-17?. The van der Waals surface area contributed by atoms with E-state index in [1.165, 1.54) is 37.7 Å². The van der Waals surface area contributed by atoms with E-state index < -0.39 is 6.10 Å². The lowest BCUT2D eigenvalue weighted by atomic mass is 9.54. The first-order chi connectivity index (χ1) is 9.72. The van der Waals surface area contributed by atoms with E-state index in [1.54, 1.807) is 13.2 Å². The Hall–Kier alpha value is -1.02. The molecule has 4 saturated carbocycles. The average Bonchev–Trinajstić information content (AvgIpc) is 2.42. The van der Waals surface area contributed by atoms with Gasteiger partial charge in [-0.05, 0) is 67.8 Å². The van der Waals surface area contributed by atoms with Gasteiger partial charge in [-0.3, -0.25) is 0 Å². The lowest BCUT2D eigenvalue weighted by Gasteiger charge is -2.52. The largest absolute Gasteiger partial charge is 0.498 e. The van der Waals surface area contributed by atoms with Gasteiger partial charge in [-0.25, -0.2) is 0 Å². The molecule has 0 aromatic carbocycles. The van der Waals surface area contributed by atoms with Gasteiger partial charge in [0.25, 0.3) is 0 Å². The number of aliphatic hydroxyl groups is 1. The van der Waals surface area contributed by atoms with Crippen LogP contribution >= 0.6 is 0 Å². The lowest BCUT2D eigenvalue weighted by Crippen LogP contribution is -2.41. The van der Waals surface area contributed by atoms with Gasteiger partial charge in [0.05, 0.1) is 7.11 Å². The molecule has 0 heterocycles. The van der Waals surface area contributed by atoms with Crippen LogP contribution in [0.5, 0.6) is 0 Å². The number of ether oxygens (including phenoxy) is 1. The van der Waals surface area contributed by atoms with E-state index in [4.69, 9.17) is 4.74 Å². The zero-order chi connectivity index (χ0) is 14.1. The molecule has 0 radical (unpaired) electrons. The van der Waals surface area contributed by atoms with Crippen molar-refractivity contribution in [3.8, 4) is 0 Å². The molecule has 1 N–H and O–H groups in total. The number of aliphatic hydroxyl groups excluding tert-OH is 1. The van der Waals surface area contributed by atoms with Crippen LogP contribution in [0.3, 0.4) is 0 Å². The van der Waals surface area contributed by atoms with Gasteiger partial charge in [0.1, 0.15) is 11.9 Å². The third kappa shape index (κ3) is 2.46. The number of rotatable bonds is 5. The summed E-state index contributed by atoms with van der Waals surface area (Å²) in [6.45, 7) is 3.66. The fourth-order valence-corrected chi connectivity index (χ4v) is 4.95. The Balaban J connectivity index is 1.82. The van der Waals surface area contributed by atoms with E-state index in [-0.39, 0.29) is 0 Å². The molecule has 20 heavy (non-hydrogen) atoms. The predicted octanol–water partition coefficient (Wildman–Crippen LogP) is 3.84. The van der Waals surface area contributed by atoms with Crippen LogP contribution in [0.25, 0.3) is 0 Å². The molecule has 0 spiro atoms. The quantitative estimate of drug-likeness (QED) is 0.610. The maximum Gasteiger partial charge on any atom is 0.124 e. The van der Waals surface area contributed by atoms with E-state index >= 15 is 0 Å². The molecular formula is C18H26O2. The Labute approximate surface area is 122 Å². The van der Waals surface area contributed by atoms with Crippen LogP contribution in [0.1, 0.15) is 38.5 Å². The molecule has 4 fully saturated rings. The van der Waals surface area contributed by atoms with Crippen LogP contribution < -0.4 is 0 Å². The number of methoxy groups -OCH3 is 1. The third-order valence-electron chi connectivity index (χ3n) is 5.46. The van der Waals surface area contributed by atoms with Crippen LogP contribution in [-0.4, -0.2) is 18.3 Å². The summed E-state index contributed by atoms with van der Waals surface area (Å²) >= 11 is 0. The highest BCUT2D eigenvalue weighted by molar-refractivity contribution is 5.26. The molecule has 2 nitrogen and oxygen atoms in total. The van der Waals surface area contributed by atoms with Crippen molar-refractivity contribution in [2.24, 2.45) is 23.7 Å². The van der Waals surface area contributed by atoms with Gasteiger partial charge in [-0.15, -0.1) is 0 Å². The minimum Gasteiger partial charge on any atom is -0.498 e. The van der Waals surface area contributed by atoms with Crippen LogP contribution in [0.2, 0.25) is 0 Å². The normalized spacial score (nSPS) is 36.4. The summed E-state index contributed by atoms with van der Waals surface area (Å²) in [5, 5.41) is 10.5. The van der Waals surface area contributed by atoms with Crippen LogP contribution in [0, 0.1) is 23.7 Å². The highest BCUT2D eigenvalue weighted by atomic mass is 16.5. The van der Waals surface area contributed by atoms with Crippen molar-refractivity contribution >= 4 is 0 Å². The highest BCUT2D eigenvalue weighted by Gasteiger charge is 2.47. The summed E-state index contributed by atoms with van der Waals surface area (Å²) in [7, 11) is 1.72. The van der Waals surface area contributed by atoms with Gasteiger partial charge >= 0.3 is 0 Å². The van der Waals surface area contributed by atoms with Crippen molar-refractivity contribution < 1.29 is 9.84 Å². The zero-order valence-electron chi connectivity index (χ0n) is 12.4. The topological polar surface area (TPSA) is 29.5 Å². The molecule has 0 aliphatic heterocycles.